The van der Waals surface area contributed by atoms with Crippen LogP contribution in [0.4, 0.5) is 0 Å². The smallest absolute Gasteiger partial charge is 0.196 e. The standard InChI is InChI=1S/C38H26N2O/c1-3-10-27(11-4-1)29-19-21-30(22-20-29)35-26-36(40-38(39-35)37-18-9-23-41-37)34-17-8-16-33(25-34)32-15-7-14-31(24-32)28-12-5-2-6-13-28/h1-26H. The molecule has 0 saturated heterocycles. The highest BCUT2D eigenvalue weighted by Crippen LogP contribution is 2.32. The van der Waals surface area contributed by atoms with Crippen LogP contribution in [0.25, 0.3) is 67.5 Å². The van der Waals surface area contributed by atoms with Gasteiger partial charge in [-0.3, -0.25) is 0 Å². The van der Waals surface area contributed by atoms with Crippen LogP contribution in [0, 0.1) is 0 Å². The van der Waals surface area contributed by atoms with Crippen LogP contribution in [0.3, 0.4) is 0 Å². The van der Waals surface area contributed by atoms with E-state index in [1.54, 1.807) is 6.26 Å². The second-order valence-electron chi connectivity index (χ2n) is 9.91. The number of benzene rings is 5. The molecule has 2 heterocycles. The zero-order valence-electron chi connectivity index (χ0n) is 22.3. The summed E-state index contributed by atoms with van der Waals surface area (Å²) in [6, 6.07) is 52.4. The molecular weight excluding hydrogens is 500 g/mol. The molecule has 0 saturated carbocycles. The number of rotatable bonds is 6. The molecular formula is C38H26N2O. The average Bonchev–Trinajstić information content (AvgIpc) is 3.61. The Morgan fingerprint density at radius 3 is 1.41 bits per heavy atom. The van der Waals surface area contributed by atoms with Crippen molar-refractivity contribution in [3.63, 3.8) is 0 Å². The normalized spacial score (nSPS) is 10.9. The quantitative estimate of drug-likeness (QED) is 0.216. The van der Waals surface area contributed by atoms with E-state index in [1.807, 2.05) is 24.3 Å². The van der Waals surface area contributed by atoms with Crippen LogP contribution in [0.5, 0.6) is 0 Å². The van der Waals surface area contributed by atoms with E-state index >= 15 is 0 Å². The molecule has 0 radical (unpaired) electrons. The maximum Gasteiger partial charge on any atom is 0.196 e. The minimum atomic E-state index is 0.561. The molecule has 2 aromatic heterocycles. The molecule has 194 valence electrons. The van der Waals surface area contributed by atoms with Crippen LogP contribution in [-0.2, 0) is 0 Å². The summed E-state index contributed by atoms with van der Waals surface area (Å²) in [7, 11) is 0. The first-order valence-corrected chi connectivity index (χ1v) is 13.7. The summed E-state index contributed by atoms with van der Waals surface area (Å²) < 4.78 is 5.70. The van der Waals surface area contributed by atoms with Gasteiger partial charge in [-0.05, 0) is 63.7 Å². The predicted molar refractivity (Wildman–Crippen MR) is 167 cm³/mol. The summed E-state index contributed by atoms with van der Waals surface area (Å²) in [5.41, 5.74) is 10.8. The average molecular weight is 527 g/mol. The Balaban J connectivity index is 1.29. The third-order valence-corrected chi connectivity index (χ3v) is 7.22. The highest BCUT2D eigenvalue weighted by molar-refractivity contribution is 5.78. The van der Waals surface area contributed by atoms with Crippen molar-refractivity contribution in [1.82, 2.24) is 9.97 Å². The molecule has 0 N–H and O–H groups in total. The van der Waals surface area contributed by atoms with Gasteiger partial charge in [0.2, 0.25) is 0 Å². The Morgan fingerprint density at radius 2 is 0.805 bits per heavy atom. The van der Waals surface area contributed by atoms with Crippen LogP contribution in [-0.4, -0.2) is 9.97 Å². The van der Waals surface area contributed by atoms with E-state index in [9.17, 15) is 0 Å². The zero-order chi connectivity index (χ0) is 27.4. The number of hydrogen-bond acceptors (Lipinski definition) is 3. The van der Waals surface area contributed by atoms with Crippen molar-refractivity contribution >= 4 is 0 Å². The lowest BCUT2D eigenvalue weighted by atomic mass is 9.97. The third kappa shape index (κ3) is 5.21. The second-order valence-corrected chi connectivity index (χ2v) is 9.91. The largest absolute Gasteiger partial charge is 0.461 e. The molecule has 0 fully saturated rings. The predicted octanol–water partition coefficient (Wildman–Crippen LogP) is 10.1. The lowest BCUT2D eigenvalue weighted by molar-refractivity contribution is 0.577. The van der Waals surface area contributed by atoms with E-state index in [0.29, 0.717) is 11.6 Å². The highest BCUT2D eigenvalue weighted by atomic mass is 16.3. The first-order chi connectivity index (χ1) is 20.3. The molecule has 3 nitrogen and oxygen atoms in total. The van der Waals surface area contributed by atoms with Gasteiger partial charge in [-0.25, -0.2) is 9.97 Å². The highest BCUT2D eigenvalue weighted by Gasteiger charge is 2.13. The summed E-state index contributed by atoms with van der Waals surface area (Å²) in [5.74, 6) is 1.20. The summed E-state index contributed by atoms with van der Waals surface area (Å²) in [6.07, 6.45) is 1.65. The van der Waals surface area contributed by atoms with Gasteiger partial charge in [0.15, 0.2) is 11.6 Å². The summed E-state index contributed by atoms with van der Waals surface area (Å²) in [6.45, 7) is 0. The number of hydrogen-bond donors (Lipinski definition) is 0. The fraction of sp³-hybridized carbons (Fsp3) is 0. The lowest BCUT2D eigenvalue weighted by Crippen LogP contribution is -1.95. The van der Waals surface area contributed by atoms with Crippen molar-refractivity contribution in [3.05, 3.63) is 158 Å². The van der Waals surface area contributed by atoms with Crippen molar-refractivity contribution in [3.8, 4) is 67.5 Å². The monoisotopic (exact) mass is 526 g/mol. The van der Waals surface area contributed by atoms with Crippen LogP contribution in [0.15, 0.2) is 162 Å². The molecule has 0 aliphatic carbocycles. The molecule has 5 aromatic carbocycles. The Labute approximate surface area is 239 Å². The molecule has 0 atom stereocenters. The second kappa shape index (κ2) is 10.9. The van der Waals surface area contributed by atoms with E-state index in [2.05, 4.69) is 127 Å². The lowest BCUT2D eigenvalue weighted by Gasteiger charge is -2.11. The Hall–Kier alpha value is -5.54. The van der Waals surface area contributed by atoms with E-state index in [4.69, 9.17) is 14.4 Å². The van der Waals surface area contributed by atoms with Gasteiger partial charge in [0.05, 0.1) is 17.7 Å². The molecule has 0 spiro atoms. The van der Waals surface area contributed by atoms with Gasteiger partial charge in [-0.2, -0.15) is 0 Å². The number of furan rings is 1. The molecule has 0 bridgehead atoms. The third-order valence-electron chi connectivity index (χ3n) is 7.22. The van der Waals surface area contributed by atoms with E-state index in [-0.39, 0.29) is 0 Å². The van der Waals surface area contributed by atoms with Crippen molar-refractivity contribution < 1.29 is 4.42 Å². The molecule has 0 unspecified atom stereocenters. The SMILES string of the molecule is c1ccc(-c2ccc(-c3cc(-c4cccc(-c5cccc(-c6ccccc6)c5)c4)nc(-c4ccco4)n3)cc2)cc1. The topological polar surface area (TPSA) is 38.9 Å². The van der Waals surface area contributed by atoms with Crippen molar-refractivity contribution in [2.45, 2.75) is 0 Å². The molecule has 7 rings (SSSR count). The molecule has 0 amide bonds. The van der Waals surface area contributed by atoms with Crippen molar-refractivity contribution in [1.29, 1.82) is 0 Å². The maximum atomic E-state index is 5.70. The van der Waals surface area contributed by atoms with Gasteiger partial charge in [-0.1, -0.05) is 121 Å². The number of aromatic nitrogens is 2. The summed E-state index contributed by atoms with van der Waals surface area (Å²) >= 11 is 0. The summed E-state index contributed by atoms with van der Waals surface area (Å²) in [4.78, 5) is 9.83. The maximum absolute atomic E-state index is 5.70. The van der Waals surface area contributed by atoms with Crippen LogP contribution >= 0.6 is 0 Å². The molecule has 3 heteroatoms. The molecule has 41 heavy (non-hydrogen) atoms. The minimum Gasteiger partial charge on any atom is -0.461 e. The Morgan fingerprint density at radius 1 is 0.341 bits per heavy atom. The van der Waals surface area contributed by atoms with E-state index < -0.39 is 0 Å². The Kier molecular flexibility index (Phi) is 6.52. The van der Waals surface area contributed by atoms with Gasteiger partial charge in [0, 0.05) is 11.1 Å². The zero-order valence-corrected chi connectivity index (χ0v) is 22.3. The van der Waals surface area contributed by atoms with Gasteiger partial charge >= 0.3 is 0 Å². The first-order valence-electron chi connectivity index (χ1n) is 13.7. The van der Waals surface area contributed by atoms with Crippen LogP contribution < -0.4 is 0 Å². The minimum absolute atomic E-state index is 0.561. The fourth-order valence-electron chi connectivity index (χ4n) is 5.09. The van der Waals surface area contributed by atoms with E-state index in [1.165, 1.54) is 22.3 Å². The van der Waals surface area contributed by atoms with Gasteiger partial charge in [0.25, 0.3) is 0 Å². The van der Waals surface area contributed by atoms with Crippen molar-refractivity contribution in [2.24, 2.45) is 0 Å². The van der Waals surface area contributed by atoms with E-state index in [0.717, 1.165) is 33.6 Å². The summed E-state index contributed by atoms with van der Waals surface area (Å²) in [5, 5.41) is 0. The molecule has 0 aliphatic rings. The number of nitrogens with zero attached hydrogens (tertiary/aromatic N) is 2. The van der Waals surface area contributed by atoms with Crippen molar-refractivity contribution in [2.75, 3.05) is 0 Å². The van der Waals surface area contributed by atoms with Crippen LogP contribution in [0.2, 0.25) is 0 Å². The van der Waals surface area contributed by atoms with Gasteiger partial charge in [0.1, 0.15) is 0 Å². The molecule has 0 aliphatic heterocycles. The van der Waals surface area contributed by atoms with Gasteiger partial charge < -0.3 is 4.42 Å². The van der Waals surface area contributed by atoms with Crippen LogP contribution in [0.1, 0.15) is 0 Å². The molecule has 7 aromatic rings. The van der Waals surface area contributed by atoms with Gasteiger partial charge in [-0.15, -0.1) is 0 Å². The first kappa shape index (κ1) is 24.5. The Bertz CT molecular complexity index is 1910. The fourth-order valence-corrected chi connectivity index (χ4v) is 5.09.